The van der Waals surface area contributed by atoms with Gasteiger partial charge in [0.15, 0.2) is 5.78 Å². The van der Waals surface area contributed by atoms with Crippen LogP contribution < -0.4 is 5.32 Å². The van der Waals surface area contributed by atoms with Crippen molar-refractivity contribution < 1.29 is 23.8 Å². The zero-order valence-corrected chi connectivity index (χ0v) is 18.2. The quantitative estimate of drug-likeness (QED) is 0.576. The van der Waals surface area contributed by atoms with Crippen LogP contribution in [-0.4, -0.2) is 38.1 Å². The van der Waals surface area contributed by atoms with Crippen LogP contribution in [0.2, 0.25) is 0 Å². The van der Waals surface area contributed by atoms with Gasteiger partial charge in [0, 0.05) is 37.3 Å². The molecule has 0 spiro atoms. The van der Waals surface area contributed by atoms with Crippen LogP contribution in [0.5, 0.6) is 0 Å². The van der Waals surface area contributed by atoms with E-state index in [-0.39, 0.29) is 23.7 Å². The second kappa shape index (κ2) is 8.88. The van der Waals surface area contributed by atoms with Crippen LogP contribution in [0.15, 0.2) is 42.5 Å². The summed E-state index contributed by atoms with van der Waals surface area (Å²) in [6, 6.07) is 13.7. The predicted octanol–water partition coefficient (Wildman–Crippen LogP) is 3.27. The highest BCUT2D eigenvalue weighted by atomic mass is 16.5. The molecule has 1 atom stereocenters. The minimum absolute atomic E-state index is 0.108. The van der Waals surface area contributed by atoms with Crippen molar-refractivity contribution >= 4 is 23.1 Å². The Morgan fingerprint density at radius 1 is 1.12 bits per heavy atom. The minimum Gasteiger partial charge on any atom is -0.487 e. The summed E-state index contributed by atoms with van der Waals surface area (Å²) >= 11 is 0. The summed E-state index contributed by atoms with van der Waals surface area (Å²) in [4.78, 5) is 25.1. The van der Waals surface area contributed by atoms with Gasteiger partial charge in [-0.1, -0.05) is 42.5 Å². The first-order valence-corrected chi connectivity index (χ1v) is 11.2. The summed E-state index contributed by atoms with van der Waals surface area (Å²) in [5.41, 5.74) is 5.82. The summed E-state index contributed by atoms with van der Waals surface area (Å²) in [5, 5.41) is 3.40. The van der Waals surface area contributed by atoms with Crippen LogP contribution in [-0.2, 0) is 43.4 Å². The van der Waals surface area contributed by atoms with Crippen molar-refractivity contribution in [3.05, 3.63) is 70.3 Å². The number of methoxy groups -OCH3 is 1. The fourth-order valence-electron chi connectivity index (χ4n) is 4.96. The van der Waals surface area contributed by atoms with Gasteiger partial charge in [-0.15, -0.1) is 0 Å². The molecule has 0 radical (unpaired) electrons. The average molecular weight is 434 g/mol. The number of carbonyl (C=O) groups is 2. The first-order valence-electron chi connectivity index (χ1n) is 11.2. The molecule has 1 N–H and O–H groups in total. The highest BCUT2D eigenvalue weighted by Gasteiger charge is 2.33. The van der Waals surface area contributed by atoms with Crippen LogP contribution in [0, 0.1) is 5.92 Å². The van der Waals surface area contributed by atoms with Crippen molar-refractivity contribution in [2.45, 2.75) is 38.5 Å². The summed E-state index contributed by atoms with van der Waals surface area (Å²) in [6.45, 7) is 2.35. The van der Waals surface area contributed by atoms with Gasteiger partial charge in [-0.2, -0.15) is 0 Å². The third kappa shape index (κ3) is 3.85. The third-order valence-electron chi connectivity index (χ3n) is 6.65. The number of carbonyl (C=O) groups excluding carboxylic acids is 2. The lowest BCUT2D eigenvalue weighted by molar-refractivity contribution is -0.145. The lowest BCUT2D eigenvalue weighted by Gasteiger charge is -2.29. The molecule has 0 saturated carbocycles. The predicted molar refractivity (Wildman–Crippen MR) is 119 cm³/mol. The molecule has 2 heterocycles. The van der Waals surface area contributed by atoms with E-state index in [2.05, 4.69) is 11.4 Å². The Bertz CT molecular complexity index is 1080. The summed E-state index contributed by atoms with van der Waals surface area (Å²) in [5.74, 6) is 0.770. The van der Waals surface area contributed by atoms with E-state index in [1.807, 2.05) is 36.4 Å². The lowest BCUT2D eigenvalue weighted by Crippen LogP contribution is -2.45. The molecule has 1 aliphatic carbocycles. The Morgan fingerprint density at radius 3 is 2.75 bits per heavy atom. The lowest BCUT2D eigenvalue weighted by atomic mass is 9.91. The van der Waals surface area contributed by atoms with Gasteiger partial charge in [0.25, 0.3) is 0 Å². The van der Waals surface area contributed by atoms with Crippen LogP contribution in [0.1, 0.15) is 40.7 Å². The number of esters is 1. The maximum atomic E-state index is 12.7. The van der Waals surface area contributed by atoms with E-state index in [0.29, 0.717) is 44.1 Å². The molecule has 0 aromatic heterocycles. The van der Waals surface area contributed by atoms with Crippen molar-refractivity contribution in [3.63, 3.8) is 0 Å². The maximum Gasteiger partial charge on any atom is 0.323 e. The van der Waals surface area contributed by atoms with Gasteiger partial charge in [-0.3, -0.25) is 9.59 Å². The number of rotatable bonds is 5. The van der Waals surface area contributed by atoms with Gasteiger partial charge in [0.1, 0.15) is 18.4 Å². The minimum atomic E-state index is -0.348. The number of ketones is 1. The monoisotopic (exact) mass is 433 g/mol. The molecule has 6 nitrogen and oxygen atoms in total. The zero-order valence-electron chi connectivity index (χ0n) is 18.2. The average Bonchev–Trinajstić information content (AvgIpc) is 3.38. The van der Waals surface area contributed by atoms with Crippen molar-refractivity contribution in [1.82, 2.24) is 5.32 Å². The van der Waals surface area contributed by atoms with Crippen molar-refractivity contribution in [1.29, 1.82) is 0 Å². The molecule has 0 bridgehead atoms. The van der Waals surface area contributed by atoms with E-state index in [9.17, 15) is 9.59 Å². The summed E-state index contributed by atoms with van der Waals surface area (Å²) < 4.78 is 16.5. The normalized spacial score (nSPS) is 21.1. The van der Waals surface area contributed by atoms with E-state index in [4.69, 9.17) is 14.2 Å². The number of Topliss-reactive ketones (excluding diaryl/α,β-unsaturated/α-hetero) is 1. The third-order valence-corrected chi connectivity index (χ3v) is 6.65. The fraction of sp³-hybridized carbons (Fsp3) is 0.385. The number of hydrogen-bond acceptors (Lipinski definition) is 6. The fourth-order valence-corrected chi connectivity index (χ4v) is 4.96. The Balaban J connectivity index is 1.36. The Kier molecular flexibility index (Phi) is 5.81. The van der Waals surface area contributed by atoms with Gasteiger partial charge in [-0.25, -0.2) is 0 Å². The number of allylic oxidation sites excluding steroid dienone is 1. The van der Waals surface area contributed by atoms with Gasteiger partial charge in [0.05, 0.1) is 12.7 Å². The highest BCUT2D eigenvalue weighted by Crippen LogP contribution is 2.40. The van der Waals surface area contributed by atoms with Crippen molar-refractivity contribution in [3.8, 4) is 0 Å². The van der Waals surface area contributed by atoms with Crippen LogP contribution in [0.25, 0.3) is 11.3 Å². The molecule has 1 unspecified atom stereocenters. The second-order valence-electron chi connectivity index (χ2n) is 8.57. The van der Waals surface area contributed by atoms with E-state index in [1.165, 1.54) is 7.11 Å². The Labute approximate surface area is 187 Å². The Morgan fingerprint density at radius 2 is 1.94 bits per heavy atom. The molecule has 2 aromatic carbocycles. The van der Waals surface area contributed by atoms with Crippen molar-refractivity contribution in [2.24, 2.45) is 5.92 Å². The van der Waals surface area contributed by atoms with Gasteiger partial charge in [-0.05, 0) is 35.4 Å². The zero-order chi connectivity index (χ0) is 22.1. The molecule has 1 fully saturated rings. The van der Waals surface area contributed by atoms with Gasteiger partial charge >= 0.3 is 5.97 Å². The second-order valence-corrected chi connectivity index (χ2v) is 8.57. The molecule has 5 rings (SSSR count). The summed E-state index contributed by atoms with van der Waals surface area (Å²) in [6.07, 6.45) is 2.12. The molecule has 1 saturated heterocycles. The molecular formula is C26H27NO5. The highest BCUT2D eigenvalue weighted by molar-refractivity contribution is 6.31. The number of fused-ring (bicyclic) bond motifs is 2. The number of hydrogen-bond donors (Lipinski definition) is 1. The number of nitrogens with one attached hydrogen (secondary N) is 1. The number of benzene rings is 2. The SMILES string of the molecule is COC(=O)C(NCc1ccc2c(c1)CO/C2=C1/C(=O)Cc2ccccc21)C1CCOCC1. The number of ether oxygens (including phenoxy) is 3. The molecule has 32 heavy (non-hydrogen) atoms. The topological polar surface area (TPSA) is 73.9 Å². The van der Waals surface area contributed by atoms with Gasteiger partial charge < -0.3 is 19.5 Å². The van der Waals surface area contributed by atoms with Crippen LogP contribution >= 0.6 is 0 Å². The molecule has 166 valence electrons. The maximum absolute atomic E-state index is 12.7. The molecule has 2 aromatic rings. The molecule has 0 amide bonds. The van der Waals surface area contributed by atoms with Crippen LogP contribution in [0.4, 0.5) is 0 Å². The van der Waals surface area contributed by atoms with Gasteiger partial charge in [0.2, 0.25) is 0 Å². The van der Waals surface area contributed by atoms with Crippen LogP contribution in [0.3, 0.4) is 0 Å². The van der Waals surface area contributed by atoms with E-state index in [1.54, 1.807) is 0 Å². The summed E-state index contributed by atoms with van der Waals surface area (Å²) in [7, 11) is 1.43. The van der Waals surface area contributed by atoms with E-state index >= 15 is 0 Å². The standard InChI is InChI=1S/C26H27NO5/c1-30-26(29)24(17-8-10-31-11-9-17)27-14-16-6-7-21-19(12-16)15-32-25(21)23-20-5-3-2-4-18(20)13-22(23)28/h2-7,12,17,24,27H,8-11,13-15H2,1H3/b25-23+. The molecule has 3 aliphatic rings. The molecule has 2 aliphatic heterocycles. The van der Waals surface area contributed by atoms with Crippen molar-refractivity contribution in [2.75, 3.05) is 20.3 Å². The first-order chi connectivity index (χ1) is 15.7. The smallest absolute Gasteiger partial charge is 0.323 e. The molecular weight excluding hydrogens is 406 g/mol. The molecule has 6 heteroatoms. The Hall–Kier alpha value is -2.96. The first kappa shape index (κ1) is 20.9. The largest absolute Gasteiger partial charge is 0.487 e. The van der Waals surface area contributed by atoms with E-state index in [0.717, 1.165) is 40.7 Å². The van der Waals surface area contributed by atoms with E-state index < -0.39 is 0 Å².